The fourth-order valence-corrected chi connectivity index (χ4v) is 4.90. The summed E-state index contributed by atoms with van der Waals surface area (Å²) in [6.45, 7) is 2.18. The molecule has 0 radical (unpaired) electrons. The maximum atomic E-state index is 4.54. The van der Waals surface area contributed by atoms with Gasteiger partial charge in [0.15, 0.2) is 0 Å². The lowest BCUT2D eigenvalue weighted by atomic mass is 9.92. The molecule has 1 aliphatic carbocycles. The van der Waals surface area contributed by atoms with E-state index in [2.05, 4.69) is 28.7 Å². The van der Waals surface area contributed by atoms with E-state index in [1.807, 2.05) is 10.8 Å². The van der Waals surface area contributed by atoms with E-state index in [9.17, 15) is 0 Å². The third kappa shape index (κ3) is 5.80. The molecule has 1 aromatic heterocycles. The van der Waals surface area contributed by atoms with Crippen LogP contribution >= 0.6 is 21.6 Å². The monoisotopic (exact) mass is 341 g/mol. The van der Waals surface area contributed by atoms with Crippen molar-refractivity contribution in [1.82, 2.24) is 14.8 Å². The first-order valence-corrected chi connectivity index (χ1v) is 11.3. The summed E-state index contributed by atoms with van der Waals surface area (Å²) in [6.07, 6.45) is 15.2. The van der Waals surface area contributed by atoms with Crippen molar-refractivity contribution < 1.29 is 0 Å². The summed E-state index contributed by atoms with van der Waals surface area (Å²) < 4.78 is 2.24. The zero-order chi connectivity index (χ0) is 15.6. The summed E-state index contributed by atoms with van der Waals surface area (Å²) in [5, 5.41) is 10.0. The molecule has 5 heteroatoms. The fraction of sp³-hybridized carbons (Fsp3) is 0.882. The van der Waals surface area contributed by atoms with Crippen LogP contribution in [0.5, 0.6) is 0 Å². The first kappa shape index (κ1) is 18.2. The fourth-order valence-electron chi connectivity index (χ4n) is 3.29. The minimum atomic E-state index is 0.609. The number of hydrogen-bond acceptors (Lipinski definition) is 4. The average Bonchev–Trinajstić information content (AvgIpc) is 2.87. The molecule has 0 amide bonds. The molecule has 0 unspecified atom stereocenters. The summed E-state index contributed by atoms with van der Waals surface area (Å²) in [4.78, 5) is 0. The topological polar surface area (TPSA) is 30.7 Å². The standard InChI is InChI=1S/C17H31N3S2/c1-3-21-22-17-19-18-16(20(17)2)15-13-11-9-7-5-4-6-8-10-12-14-15/h15H,3-14H2,1-2H3. The van der Waals surface area contributed by atoms with E-state index in [4.69, 9.17) is 0 Å². The molecule has 0 aliphatic heterocycles. The SMILES string of the molecule is CCSSc1nnc(C2CCCCCCCCCCC2)n1C. The Morgan fingerprint density at radius 2 is 1.45 bits per heavy atom. The van der Waals surface area contributed by atoms with Gasteiger partial charge in [0.2, 0.25) is 5.16 Å². The van der Waals surface area contributed by atoms with E-state index in [0.29, 0.717) is 5.92 Å². The van der Waals surface area contributed by atoms with Crippen LogP contribution in [0.3, 0.4) is 0 Å². The van der Waals surface area contributed by atoms with Gasteiger partial charge in [-0.25, -0.2) is 0 Å². The van der Waals surface area contributed by atoms with Gasteiger partial charge in [0.1, 0.15) is 5.82 Å². The second-order valence-electron chi connectivity index (χ2n) is 6.35. The number of hydrogen-bond donors (Lipinski definition) is 0. The highest BCUT2D eigenvalue weighted by molar-refractivity contribution is 8.76. The Kier molecular flexibility index (Phi) is 8.75. The molecule has 1 fully saturated rings. The molecule has 1 aliphatic rings. The van der Waals surface area contributed by atoms with Crippen LogP contribution in [0.4, 0.5) is 0 Å². The van der Waals surface area contributed by atoms with Gasteiger partial charge >= 0.3 is 0 Å². The van der Waals surface area contributed by atoms with Crippen LogP contribution in [0, 0.1) is 0 Å². The van der Waals surface area contributed by atoms with Crippen molar-refractivity contribution in [3.8, 4) is 0 Å². The Labute approximate surface area is 143 Å². The van der Waals surface area contributed by atoms with Gasteiger partial charge in [0.25, 0.3) is 0 Å². The van der Waals surface area contributed by atoms with Gasteiger partial charge in [-0.1, -0.05) is 75.5 Å². The van der Waals surface area contributed by atoms with E-state index < -0.39 is 0 Å². The van der Waals surface area contributed by atoms with Gasteiger partial charge in [0.05, 0.1) is 0 Å². The van der Waals surface area contributed by atoms with Crippen molar-refractivity contribution in [1.29, 1.82) is 0 Å². The molecule has 0 N–H and O–H groups in total. The van der Waals surface area contributed by atoms with Crippen molar-refractivity contribution in [2.75, 3.05) is 5.75 Å². The average molecular weight is 342 g/mol. The maximum absolute atomic E-state index is 4.54. The van der Waals surface area contributed by atoms with Crippen LogP contribution < -0.4 is 0 Å². The quantitative estimate of drug-likeness (QED) is 0.632. The summed E-state index contributed by atoms with van der Waals surface area (Å²) in [6, 6.07) is 0. The Morgan fingerprint density at radius 3 is 2.00 bits per heavy atom. The molecule has 0 aromatic carbocycles. The summed E-state index contributed by atoms with van der Waals surface area (Å²) in [7, 11) is 5.75. The van der Waals surface area contributed by atoms with Gasteiger partial charge in [-0.3, -0.25) is 0 Å². The zero-order valence-electron chi connectivity index (χ0n) is 14.2. The molecule has 1 saturated carbocycles. The third-order valence-electron chi connectivity index (χ3n) is 4.59. The largest absolute Gasteiger partial charge is 0.308 e. The van der Waals surface area contributed by atoms with Gasteiger partial charge in [-0.15, -0.1) is 10.2 Å². The second kappa shape index (κ2) is 10.6. The Hall–Kier alpha value is -0.160. The Balaban J connectivity index is 1.97. The lowest BCUT2D eigenvalue weighted by Gasteiger charge is -2.17. The van der Waals surface area contributed by atoms with Crippen molar-refractivity contribution in [2.24, 2.45) is 7.05 Å². The van der Waals surface area contributed by atoms with Crippen LogP contribution in [-0.2, 0) is 7.05 Å². The molecule has 1 heterocycles. The first-order valence-electron chi connectivity index (χ1n) is 9.01. The molecule has 22 heavy (non-hydrogen) atoms. The lowest BCUT2D eigenvalue weighted by molar-refractivity contribution is 0.446. The lowest BCUT2D eigenvalue weighted by Crippen LogP contribution is -2.08. The van der Waals surface area contributed by atoms with E-state index in [1.54, 1.807) is 10.8 Å². The highest BCUT2D eigenvalue weighted by atomic mass is 33.1. The maximum Gasteiger partial charge on any atom is 0.201 e. The molecular weight excluding hydrogens is 310 g/mol. The minimum absolute atomic E-state index is 0.609. The van der Waals surface area contributed by atoms with E-state index in [1.165, 1.54) is 76.5 Å². The van der Waals surface area contributed by atoms with E-state index in [-0.39, 0.29) is 0 Å². The van der Waals surface area contributed by atoms with E-state index in [0.717, 1.165) is 10.9 Å². The predicted molar refractivity (Wildman–Crippen MR) is 98.5 cm³/mol. The van der Waals surface area contributed by atoms with Crippen molar-refractivity contribution in [2.45, 2.75) is 88.6 Å². The smallest absolute Gasteiger partial charge is 0.201 e. The second-order valence-corrected chi connectivity index (χ2v) is 8.90. The Morgan fingerprint density at radius 1 is 0.909 bits per heavy atom. The van der Waals surface area contributed by atoms with Crippen LogP contribution in [0.25, 0.3) is 0 Å². The van der Waals surface area contributed by atoms with Gasteiger partial charge < -0.3 is 4.57 Å². The molecule has 3 nitrogen and oxygen atoms in total. The molecule has 1 aromatic rings. The molecule has 2 rings (SSSR count). The Bertz CT molecular complexity index is 408. The molecular formula is C17H31N3S2. The molecule has 0 atom stereocenters. The molecule has 0 saturated heterocycles. The van der Waals surface area contributed by atoms with Crippen molar-refractivity contribution >= 4 is 21.6 Å². The third-order valence-corrected chi connectivity index (χ3v) is 6.96. The predicted octanol–water partition coefficient (Wildman–Crippen LogP) is 5.96. The zero-order valence-corrected chi connectivity index (χ0v) is 15.9. The normalized spacial score (nSPS) is 19.5. The van der Waals surface area contributed by atoms with Crippen LogP contribution in [-0.4, -0.2) is 20.5 Å². The van der Waals surface area contributed by atoms with Gasteiger partial charge in [-0.2, -0.15) is 0 Å². The van der Waals surface area contributed by atoms with Crippen molar-refractivity contribution in [3.05, 3.63) is 5.82 Å². The molecule has 0 bridgehead atoms. The summed E-state index contributed by atoms with van der Waals surface area (Å²) in [5.74, 6) is 2.94. The van der Waals surface area contributed by atoms with Crippen LogP contribution in [0.1, 0.15) is 89.3 Å². The first-order chi connectivity index (χ1) is 10.8. The van der Waals surface area contributed by atoms with Crippen LogP contribution in [0.15, 0.2) is 5.16 Å². The highest BCUT2D eigenvalue weighted by Crippen LogP contribution is 2.33. The number of aromatic nitrogens is 3. The van der Waals surface area contributed by atoms with Gasteiger partial charge in [-0.05, 0) is 23.6 Å². The van der Waals surface area contributed by atoms with Gasteiger partial charge in [0, 0.05) is 18.7 Å². The minimum Gasteiger partial charge on any atom is -0.308 e. The highest BCUT2D eigenvalue weighted by Gasteiger charge is 2.19. The summed E-state index contributed by atoms with van der Waals surface area (Å²) in [5.41, 5.74) is 0. The molecule has 126 valence electrons. The molecule has 0 spiro atoms. The van der Waals surface area contributed by atoms with Crippen LogP contribution in [0.2, 0.25) is 0 Å². The number of nitrogens with zero attached hydrogens (tertiary/aromatic N) is 3. The number of rotatable bonds is 4. The van der Waals surface area contributed by atoms with E-state index >= 15 is 0 Å². The van der Waals surface area contributed by atoms with Crippen molar-refractivity contribution in [3.63, 3.8) is 0 Å². The summed E-state index contributed by atoms with van der Waals surface area (Å²) >= 11 is 0.